The summed E-state index contributed by atoms with van der Waals surface area (Å²) in [6.45, 7) is 2.05. The molecule has 0 spiro atoms. The van der Waals surface area contributed by atoms with Crippen molar-refractivity contribution in [3.8, 4) is 11.1 Å². The summed E-state index contributed by atoms with van der Waals surface area (Å²) in [7, 11) is 0. The van der Waals surface area contributed by atoms with Crippen molar-refractivity contribution in [1.82, 2.24) is 0 Å². The van der Waals surface area contributed by atoms with Gasteiger partial charge in [-0.25, -0.2) is 0 Å². The van der Waals surface area contributed by atoms with E-state index < -0.39 is 0 Å². The van der Waals surface area contributed by atoms with Crippen molar-refractivity contribution in [3.05, 3.63) is 83.9 Å². The molecule has 1 aliphatic rings. The van der Waals surface area contributed by atoms with Gasteiger partial charge in [0.1, 0.15) is 0 Å². The number of para-hydroxylation sites is 1. The molecule has 1 heterocycles. The Labute approximate surface area is 158 Å². The van der Waals surface area contributed by atoms with Crippen molar-refractivity contribution in [2.24, 2.45) is 0 Å². The van der Waals surface area contributed by atoms with Crippen LogP contribution in [0, 0.1) is 0 Å². The molecule has 1 N–H and O–H groups in total. The van der Waals surface area contributed by atoms with E-state index in [-0.39, 0.29) is 11.8 Å². The van der Waals surface area contributed by atoms with Gasteiger partial charge in [0.2, 0.25) is 11.8 Å². The van der Waals surface area contributed by atoms with E-state index in [0.29, 0.717) is 13.0 Å². The third-order valence-electron chi connectivity index (χ3n) is 4.76. The normalized spacial score (nSPS) is 12.1. The Balaban J connectivity index is 1.58. The smallest absolute Gasteiger partial charge is 0.231 e. The SMILES string of the molecule is CC(=O)Nc1ccc(CC(=O)N2Cc3ccccc3-c3ccccc32)cc1. The molecular formula is C23H20N2O2. The van der Waals surface area contributed by atoms with Crippen LogP contribution in [-0.4, -0.2) is 11.8 Å². The lowest BCUT2D eigenvalue weighted by Crippen LogP contribution is -2.34. The van der Waals surface area contributed by atoms with Gasteiger partial charge in [-0.1, -0.05) is 54.6 Å². The lowest BCUT2D eigenvalue weighted by molar-refractivity contribution is -0.118. The quantitative estimate of drug-likeness (QED) is 0.756. The van der Waals surface area contributed by atoms with Gasteiger partial charge >= 0.3 is 0 Å². The van der Waals surface area contributed by atoms with Gasteiger partial charge in [0.05, 0.1) is 18.7 Å². The molecule has 0 aliphatic carbocycles. The number of nitrogens with zero attached hydrogens (tertiary/aromatic N) is 1. The lowest BCUT2D eigenvalue weighted by atomic mass is 9.93. The first-order valence-electron chi connectivity index (χ1n) is 8.96. The lowest BCUT2D eigenvalue weighted by Gasteiger charge is -2.31. The van der Waals surface area contributed by atoms with Gasteiger partial charge in [-0.2, -0.15) is 0 Å². The van der Waals surface area contributed by atoms with Crippen molar-refractivity contribution < 1.29 is 9.59 Å². The molecule has 0 aromatic heterocycles. The van der Waals surface area contributed by atoms with Crippen LogP contribution in [0.3, 0.4) is 0 Å². The predicted molar refractivity (Wildman–Crippen MR) is 108 cm³/mol. The molecule has 0 unspecified atom stereocenters. The molecule has 0 fully saturated rings. The first kappa shape index (κ1) is 17.0. The number of amides is 2. The van der Waals surface area contributed by atoms with Crippen molar-refractivity contribution >= 4 is 23.2 Å². The number of carbonyl (C=O) groups is 2. The molecule has 3 aromatic carbocycles. The van der Waals surface area contributed by atoms with Gasteiger partial charge in [-0.15, -0.1) is 0 Å². The van der Waals surface area contributed by atoms with E-state index >= 15 is 0 Å². The minimum atomic E-state index is -0.109. The molecule has 4 heteroatoms. The highest BCUT2D eigenvalue weighted by Gasteiger charge is 2.25. The van der Waals surface area contributed by atoms with E-state index in [0.717, 1.165) is 28.1 Å². The Kier molecular flexibility index (Phi) is 4.47. The molecule has 1 aliphatic heterocycles. The van der Waals surface area contributed by atoms with Crippen LogP contribution in [0.5, 0.6) is 0 Å². The second-order valence-corrected chi connectivity index (χ2v) is 6.71. The Morgan fingerprint density at radius 1 is 0.889 bits per heavy atom. The van der Waals surface area contributed by atoms with E-state index in [2.05, 4.69) is 23.5 Å². The fourth-order valence-corrected chi connectivity index (χ4v) is 3.51. The van der Waals surface area contributed by atoms with Gasteiger partial charge < -0.3 is 10.2 Å². The highest BCUT2D eigenvalue weighted by Crippen LogP contribution is 2.38. The van der Waals surface area contributed by atoms with Crippen molar-refractivity contribution in [2.45, 2.75) is 19.9 Å². The highest BCUT2D eigenvalue weighted by atomic mass is 16.2. The second kappa shape index (κ2) is 7.08. The monoisotopic (exact) mass is 356 g/mol. The fraction of sp³-hybridized carbons (Fsp3) is 0.130. The molecule has 0 saturated carbocycles. The first-order valence-corrected chi connectivity index (χ1v) is 8.96. The summed E-state index contributed by atoms with van der Waals surface area (Å²) in [5, 5.41) is 2.74. The minimum absolute atomic E-state index is 0.0595. The van der Waals surface area contributed by atoms with Crippen LogP contribution in [0.15, 0.2) is 72.8 Å². The van der Waals surface area contributed by atoms with Crippen molar-refractivity contribution in [3.63, 3.8) is 0 Å². The molecule has 27 heavy (non-hydrogen) atoms. The van der Waals surface area contributed by atoms with Crippen LogP contribution in [0.2, 0.25) is 0 Å². The highest BCUT2D eigenvalue weighted by molar-refractivity contribution is 6.01. The molecule has 4 rings (SSSR count). The van der Waals surface area contributed by atoms with Crippen molar-refractivity contribution in [1.29, 1.82) is 0 Å². The zero-order chi connectivity index (χ0) is 18.8. The Morgan fingerprint density at radius 3 is 2.30 bits per heavy atom. The summed E-state index contributed by atoms with van der Waals surface area (Å²) in [4.78, 5) is 26.0. The second-order valence-electron chi connectivity index (χ2n) is 6.71. The van der Waals surface area contributed by atoms with E-state index in [4.69, 9.17) is 0 Å². The average molecular weight is 356 g/mol. The summed E-state index contributed by atoms with van der Waals surface area (Å²) >= 11 is 0. The van der Waals surface area contributed by atoms with Crippen LogP contribution >= 0.6 is 0 Å². The number of hydrogen-bond acceptors (Lipinski definition) is 2. The maximum absolute atomic E-state index is 13.1. The fourth-order valence-electron chi connectivity index (χ4n) is 3.51. The van der Waals surface area contributed by atoms with Gasteiger partial charge in [-0.3, -0.25) is 9.59 Å². The predicted octanol–water partition coefficient (Wildman–Crippen LogP) is 4.40. The largest absolute Gasteiger partial charge is 0.326 e. The van der Waals surface area contributed by atoms with Gasteiger partial charge in [0.15, 0.2) is 0 Å². The van der Waals surface area contributed by atoms with E-state index in [1.54, 1.807) is 0 Å². The van der Waals surface area contributed by atoms with E-state index in [1.807, 2.05) is 59.5 Å². The number of nitrogens with one attached hydrogen (secondary N) is 1. The van der Waals surface area contributed by atoms with Crippen LogP contribution < -0.4 is 10.2 Å². The van der Waals surface area contributed by atoms with Crippen molar-refractivity contribution in [2.75, 3.05) is 10.2 Å². The molecular weight excluding hydrogens is 336 g/mol. The van der Waals surface area contributed by atoms with E-state index in [9.17, 15) is 9.59 Å². The number of benzene rings is 3. The summed E-state index contributed by atoms with van der Waals surface area (Å²) in [5.41, 5.74) is 6.05. The summed E-state index contributed by atoms with van der Waals surface area (Å²) in [6.07, 6.45) is 0.316. The third-order valence-corrected chi connectivity index (χ3v) is 4.76. The zero-order valence-corrected chi connectivity index (χ0v) is 15.1. The zero-order valence-electron chi connectivity index (χ0n) is 15.1. The first-order chi connectivity index (χ1) is 13.1. The number of rotatable bonds is 3. The van der Waals surface area contributed by atoms with Crippen LogP contribution in [-0.2, 0) is 22.6 Å². The molecule has 134 valence electrons. The summed E-state index contributed by atoms with van der Waals surface area (Å²) in [6, 6.07) is 23.7. The summed E-state index contributed by atoms with van der Waals surface area (Å²) in [5.74, 6) is -0.0494. The number of hydrogen-bond donors (Lipinski definition) is 1. The molecule has 0 saturated heterocycles. The van der Waals surface area contributed by atoms with Crippen LogP contribution in [0.1, 0.15) is 18.1 Å². The topological polar surface area (TPSA) is 49.4 Å². The van der Waals surface area contributed by atoms with Gasteiger partial charge in [0.25, 0.3) is 0 Å². The third kappa shape index (κ3) is 3.47. The molecule has 0 atom stereocenters. The maximum atomic E-state index is 13.1. The summed E-state index contributed by atoms with van der Waals surface area (Å²) < 4.78 is 0. The number of fused-ring (bicyclic) bond motifs is 3. The average Bonchev–Trinajstić information content (AvgIpc) is 2.68. The Bertz CT molecular complexity index is 1010. The maximum Gasteiger partial charge on any atom is 0.231 e. The molecule has 4 nitrogen and oxygen atoms in total. The number of anilines is 2. The van der Waals surface area contributed by atoms with Crippen LogP contribution in [0.25, 0.3) is 11.1 Å². The molecule has 3 aromatic rings. The van der Waals surface area contributed by atoms with Gasteiger partial charge in [-0.05, 0) is 34.9 Å². The standard InChI is InChI=1S/C23H20N2O2/c1-16(26)24-19-12-10-17(11-13-19)14-23(27)25-15-18-6-2-3-7-20(18)21-8-4-5-9-22(21)25/h2-13H,14-15H2,1H3,(H,24,26). The molecule has 0 bridgehead atoms. The number of carbonyl (C=O) groups excluding carboxylic acids is 2. The minimum Gasteiger partial charge on any atom is -0.326 e. The Morgan fingerprint density at radius 2 is 1.56 bits per heavy atom. The molecule has 2 amide bonds. The Hall–Kier alpha value is -3.40. The van der Waals surface area contributed by atoms with Gasteiger partial charge in [0, 0.05) is 18.2 Å². The van der Waals surface area contributed by atoms with E-state index in [1.165, 1.54) is 12.5 Å². The van der Waals surface area contributed by atoms with Crippen LogP contribution in [0.4, 0.5) is 11.4 Å². The molecule has 0 radical (unpaired) electrons.